The summed E-state index contributed by atoms with van der Waals surface area (Å²) < 4.78 is 12.4. The molecule has 1 saturated heterocycles. The van der Waals surface area contributed by atoms with Crippen molar-refractivity contribution in [2.24, 2.45) is 5.73 Å². The minimum atomic E-state index is -0.617. The Morgan fingerprint density at radius 3 is 2.78 bits per heavy atom. The van der Waals surface area contributed by atoms with Crippen LogP contribution >= 0.6 is 0 Å². The summed E-state index contributed by atoms with van der Waals surface area (Å²) in [6, 6.07) is 1.54. The van der Waals surface area contributed by atoms with Gasteiger partial charge in [0.15, 0.2) is 5.82 Å². The average Bonchev–Trinajstić information content (AvgIpc) is 3.30. The molecule has 2 amide bonds. The maximum Gasteiger partial charge on any atom is 0.410 e. The molecule has 4 rings (SSSR count). The van der Waals surface area contributed by atoms with E-state index < -0.39 is 11.5 Å². The number of anilines is 1. The van der Waals surface area contributed by atoms with E-state index >= 15 is 0 Å². The van der Waals surface area contributed by atoms with Crippen LogP contribution in [0.4, 0.5) is 10.6 Å². The van der Waals surface area contributed by atoms with Crippen molar-refractivity contribution in [2.75, 3.05) is 32.1 Å². The Bertz CT molecular complexity index is 1250. The molecule has 4 heterocycles. The summed E-state index contributed by atoms with van der Waals surface area (Å²) in [6.07, 6.45) is 6.17. The van der Waals surface area contributed by atoms with Crippen LogP contribution in [-0.2, 0) is 16.0 Å². The largest absolute Gasteiger partial charge is 0.444 e. The number of primary amides is 1. The molecule has 0 spiro atoms. The molecule has 1 aliphatic heterocycles. The molecular formula is C24H32N8O4. The molecule has 1 aliphatic rings. The molecular weight excluding hydrogens is 464 g/mol. The van der Waals surface area contributed by atoms with Crippen LogP contribution in [0.1, 0.15) is 44.0 Å². The molecule has 3 aromatic rings. The van der Waals surface area contributed by atoms with Crippen molar-refractivity contribution in [1.29, 1.82) is 0 Å². The zero-order valence-corrected chi connectivity index (χ0v) is 21.0. The molecule has 0 radical (unpaired) electrons. The molecule has 0 unspecified atom stereocenters. The zero-order valence-electron chi connectivity index (χ0n) is 21.0. The minimum Gasteiger partial charge on any atom is -0.444 e. The van der Waals surface area contributed by atoms with E-state index in [-0.39, 0.29) is 17.7 Å². The summed E-state index contributed by atoms with van der Waals surface area (Å²) in [7, 11) is 1.63. The molecule has 192 valence electrons. The van der Waals surface area contributed by atoms with Crippen LogP contribution in [0.2, 0.25) is 0 Å². The van der Waals surface area contributed by atoms with Gasteiger partial charge < -0.3 is 25.4 Å². The molecule has 0 aromatic carbocycles. The molecule has 0 saturated carbocycles. The SMILES string of the molecule is COCCn1cc(-c2cc(C(N)=O)c3ncnc(N[C@H]4CCCN(C(=O)OC(C)(C)C)C4)c3n2)cn1. The van der Waals surface area contributed by atoms with Gasteiger partial charge in [0.05, 0.1) is 30.6 Å². The highest BCUT2D eigenvalue weighted by Crippen LogP contribution is 2.28. The molecule has 1 fully saturated rings. The van der Waals surface area contributed by atoms with Crippen molar-refractivity contribution in [2.45, 2.75) is 51.8 Å². The summed E-state index contributed by atoms with van der Waals surface area (Å²) in [6.45, 7) is 7.71. The van der Waals surface area contributed by atoms with E-state index in [0.717, 1.165) is 18.4 Å². The third-order valence-electron chi connectivity index (χ3n) is 5.72. The first-order chi connectivity index (χ1) is 17.1. The Kier molecular flexibility index (Phi) is 7.34. The lowest BCUT2D eigenvalue weighted by Crippen LogP contribution is -2.47. The van der Waals surface area contributed by atoms with E-state index in [0.29, 0.717) is 48.8 Å². The van der Waals surface area contributed by atoms with Crippen molar-refractivity contribution < 1.29 is 19.1 Å². The molecule has 36 heavy (non-hydrogen) atoms. The van der Waals surface area contributed by atoms with E-state index in [4.69, 9.17) is 20.2 Å². The van der Waals surface area contributed by atoms with Crippen molar-refractivity contribution in [3.63, 3.8) is 0 Å². The number of aromatic nitrogens is 5. The molecule has 3 aromatic heterocycles. The molecule has 0 bridgehead atoms. The van der Waals surface area contributed by atoms with Gasteiger partial charge in [0.2, 0.25) is 0 Å². The van der Waals surface area contributed by atoms with Crippen LogP contribution in [-0.4, -0.2) is 80.1 Å². The standard InChI is InChI=1S/C24H32N8O4/c1-24(2,3)36-23(34)31-7-5-6-16(13-31)29-22-20-19(26-14-27-22)17(21(25)33)10-18(30-20)15-11-28-32(12-15)8-9-35-4/h10-12,14,16H,5-9,13H2,1-4H3,(H2,25,33)(H,26,27,29)/t16-/m0/s1. The van der Waals surface area contributed by atoms with Crippen LogP contribution in [0.15, 0.2) is 24.8 Å². The third kappa shape index (κ3) is 5.88. The fraction of sp³-hybridized carbons (Fsp3) is 0.500. The van der Waals surface area contributed by atoms with Crippen molar-refractivity contribution in [3.05, 3.63) is 30.4 Å². The number of piperidine rings is 1. The summed E-state index contributed by atoms with van der Waals surface area (Å²) in [5.41, 5.74) is 7.39. The van der Waals surface area contributed by atoms with E-state index in [1.165, 1.54) is 6.33 Å². The number of methoxy groups -OCH3 is 1. The zero-order chi connectivity index (χ0) is 25.9. The highest BCUT2D eigenvalue weighted by atomic mass is 16.6. The maximum atomic E-state index is 12.6. The normalized spacial score (nSPS) is 16.2. The van der Waals surface area contributed by atoms with Crippen molar-refractivity contribution in [1.82, 2.24) is 29.6 Å². The van der Waals surface area contributed by atoms with Crippen LogP contribution in [0.25, 0.3) is 22.3 Å². The first kappa shape index (κ1) is 25.3. The quantitative estimate of drug-likeness (QED) is 0.502. The van der Waals surface area contributed by atoms with Crippen molar-refractivity contribution in [3.8, 4) is 11.3 Å². The number of nitrogens with one attached hydrogen (secondary N) is 1. The van der Waals surface area contributed by atoms with Crippen LogP contribution in [0.5, 0.6) is 0 Å². The second-order valence-electron chi connectivity index (χ2n) is 9.73. The second kappa shape index (κ2) is 10.4. The van der Waals surface area contributed by atoms with Gasteiger partial charge in [-0.05, 0) is 39.7 Å². The van der Waals surface area contributed by atoms with Crippen molar-refractivity contribution >= 4 is 28.9 Å². The first-order valence-electron chi connectivity index (χ1n) is 11.9. The van der Waals surface area contributed by atoms with Gasteiger partial charge in [-0.15, -0.1) is 0 Å². The van der Waals surface area contributed by atoms with Gasteiger partial charge in [-0.2, -0.15) is 5.10 Å². The fourth-order valence-electron chi connectivity index (χ4n) is 4.06. The number of carbonyl (C=O) groups excluding carboxylic acids is 2. The smallest absolute Gasteiger partial charge is 0.410 e. The number of fused-ring (bicyclic) bond motifs is 1. The number of amides is 2. The lowest BCUT2D eigenvalue weighted by Gasteiger charge is -2.34. The summed E-state index contributed by atoms with van der Waals surface area (Å²) in [5, 5.41) is 7.73. The highest BCUT2D eigenvalue weighted by Gasteiger charge is 2.28. The number of carbonyl (C=O) groups is 2. The van der Waals surface area contributed by atoms with Gasteiger partial charge in [0.25, 0.3) is 5.91 Å². The fourth-order valence-corrected chi connectivity index (χ4v) is 4.06. The van der Waals surface area contributed by atoms with E-state index in [1.54, 1.807) is 29.0 Å². The number of nitrogens with zero attached hydrogens (tertiary/aromatic N) is 6. The minimum absolute atomic E-state index is 0.0800. The number of likely N-dealkylation sites (tertiary alicyclic amines) is 1. The van der Waals surface area contributed by atoms with Gasteiger partial charge in [-0.25, -0.2) is 19.7 Å². The maximum absolute atomic E-state index is 12.6. The summed E-state index contributed by atoms with van der Waals surface area (Å²) in [5.74, 6) is -0.152. The number of pyridine rings is 1. The first-order valence-corrected chi connectivity index (χ1v) is 11.9. The third-order valence-corrected chi connectivity index (χ3v) is 5.72. The Balaban J connectivity index is 1.64. The van der Waals surface area contributed by atoms with Gasteiger partial charge in [0.1, 0.15) is 23.0 Å². The summed E-state index contributed by atoms with van der Waals surface area (Å²) in [4.78, 5) is 40.0. The van der Waals surface area contributed by atoms with Crippen LogP contribution < -0.4 is 11.1 Å². The van der Waals surface area contributed by atoms with Crippen LogP contribution in [0.3, 0.4) is 0 Å². The molecule has 12 nitrogen and oxygen atoms in total. The van der Waals surface area contributed by atoms with Gasteiger partial charge in [0, 0.05) is 38.0 Å². The average molecular weight is 497 g/mol. The van der Waals surface area contributed by atoms with Crippen LogP contribution in [0, 0.1) is 0 Å². The Morgan fingerprint density at radius 1 is 1.25 bits per heavy atom. The number of hydrogen-bond acceptors (Lipinski definition) is 9. The molecule has 12 heteroatoms. The number of rotatable bonds is 7. The number of ether oxygens (including phenoxy) is 2. The summed E-state index contributed by atoms with van der Waals surface area (Å²) >= 11 is 0. The molecule has 3 N–H and O–H groups in total. The highest BCUT2D eigenvalue weighted by molar-refractivity contribution is 6.06. The van der Waals surface area contributed by atoms with Gasteiger partial charge >= 0.3 is 6.09 Å². The van der Waals surface area contributed by atoms with E-state index in [2.05, 4.69) is 20.4 Å². The lowest BCUT2D eigenvalue weighted by molar-refractivity contribution is 0.0206. The number of hydrogen-bond donors (Lipinski definition) is 2. The van der Waals surface area contributed by atoms with E-state index in [1.807, 2.05) is 27.0 Å². The van der Waals surface area contributed by atoms with E-state index in [9.17, 15) is 9.59 Å². The lowest BCUT2D eigenvalue weighted by atomic mass is 10.1. The predicted molar refractivity (Wildman–Crippen MR) is 133 cm³/mol. The van der Waals surface area contributed by atoms with Gasteiger partial charge in [-0.3, -0.25) is 9.48 Å². The monoisotopic (exact) mass is 496 g/mol. The van der Waals surface area contributed by atoms with Gasteiger partial charge in [-0.1, -0.05) is 0 Å². The Labute approximate surface area is 209 Å². The second-order valence-corrected chi connectivity index (χ2v) is 9.73. The Morgan fingerprint density at radius 2 is 2.06 bits per heavy atom. The molecule has 1 atom stereocenters. The topological polar surface area (TPSA) is 150 Å². The number of nitrogens with two attached hydrogens (primary N) is 1. The predicted octanol–water partition coefficient (Wildman–Crippen LogP) is 2.45. The molecule has 0 aliphatic carbocycles. The Hall–Kier alpha value is -3.80.